The van der Waals surface area contributed by atoms with Gasteiger partial charge in [0.05, 0.1) is 5.52 Å². The maximum atomic E-state index is 13.6. The second kappa shape index (κ2) is 6.54. The molecule has 0 aliphatic heterocycles. The molecule has 0 saturated heterocycles. The van der Waals surface area contributed by atoms with Gasteiger partial charge in [0, 0.05) is 29.5 Å². The van der Waals surface area contributed by atoms with Gasteiger partial charge in [0.25, 0.3) is 0 Å². The molecule has 4 rings (SSSR count). The van der Waals surface area contributed by atoms with Gasteiger partial charge in [-0.05, 0) is 38.2 Å². The fourth-order valence-corrected chi connectivity index (χ4v) is 3.47. The van der Waals surface area contributed by atoms with E-state index in [2.05, 4.69) is 20.6 Å². The maximum absolute atomic E-state index is 13.6. The van der Waals surface area contributed by atoms with Crippen LogP contribution in [0, 0.1) is 17.6 Å². The van der Waals surface area contributed by atoms with Crippen LogP contribution < -0.4 is 10.6 Å². The number of halogens is 2. The number of carbonyl (C=O) groups excluding carboxylic acids is 1. The van der Waals surface area contributed by atoms with Crippen LogP contribution in [0.5, 0.6) is 0 Å². The number of hydrogen-bond donors (Lipinski definition) is 2. The Morgan fingerprint density at radius 3 is 2.64 bits per heavy atom. The Morgan fingerprint density at radius 2 is 1.84 bits per heavy atom. The lowest BCUT2D eigenvalue weighted by atomic mass is 9.85. The highest BCUT2D eigenvalue weighted by molar-refractivity contribution is 5.89. The molecule has 132 valence electrons. The van der Waals surface area contributed by atoms with Gasteiger partial charge in [0.2, 0.25) is 5.91 Å². The Kier molecular flexibility index (Phi) is 4.23. The third-order valence-electron chi connectivity index (χ3n) is 4.99. The molecule has 5 nitrogen and oxygen atoms in total. The van der Waals surface area contributed by atoms with Crippen LogP contribution in [-0.2, 0) is 4.79 Å². The quantitative estimate of drug-likeness (QED) is 0.892. The number of anilines is 1. The van der Waals surface area contributed by atoms with Crippen LogP contribution in [0.3, 0.4) is 0 Å². The molecule has 2 fully saturated rings. The summed E-state index contributed by atoms with van der Waals surface area (Å²) >= 11 is 0. The molecule has 1 amide bonds. The SMILES string of the molecule is O=C(NC1CC1)[C@H]1CCC[C@H](Nc2ncnc3cc(F)c(F)cc23)C1. The summed E-state index contributed by atoms with van der Waals surface area (Å²) < 4.78 is 27.0. The second-order valence-electron chi connectivity index (χ2n) is 6.99. The van der Waals surface area contributed by atoms with Crippen molar-refractivity contribution in [1.82, 2.24) is 15.3 Å². The highest BCUT2D eigenvalue weighted by Gasteiger charge is 2.31. The van der Waals surface area contributed by atoms with Crippen molar-refractivity contribution >= 4 is 22.6 Å². The molecule has 2 atom stereocenters. The van der Waals surface area contributed by atoms with Gasteiger partial charge in [-0.15, -0.1) is 0 Å². The van der Waals surface area contributed by atoms with Crippen LogP contribution >= 0.6 is 0 Å². The van der Waals surface area contributed by atoms with E-state index in [1.54, 1.807) is 0 Å². The molecule has 0 radical (unpaired) electrons. The van der Waals surface area contributed by atoms with Crippen molar-refractivity contribution < 1.29 is 13.6 Å². The molecule has 7 heteroatoms. The van der Waals surface area contributed by atoms with Gasteiger partial charge < -0.3 is 10.6 Å². The molecule has 2 N–H and O–H groups in total. The molecule has 0 unspecified atom stereocenters. The van der Waals surface area contributed by atoms with E-state index in [1.165, 1.54) is 6.33 Å². The minimum absolute atomic E-state index is 0.00543. The summed E-state index contributed by atoms with van der Waals surface area (Å²) in [6.45, 7) is 0. The van der Waals surface area contributed by atoms with Crippen LogP contribution in [0.1, 0.15) is 38.5 Å². The lowest BCUT2D eigenvalue weighted by molar-refractivity contribution is -0.126. The van der Waals surface area contributed by atoms with E-state index in [0.29, 0.717) is 29.2 Å². The zero-order chi connectivity index (χ0) is 17.4. The summed E-state index contributed by atoms with van der Waals surface area (Å²) in [5, 5.41) is 6.82. The monoisotopic (exact) mass is 346 g/mol. The Balaban J connectivity index is 1.50. The van der Waals surface area contributed by atoms with Crippen molar-refractivity contribution in [3.63, 3.8) is 0 Å². The average Bonchev–Trinajstić information content (AvgIpc) is 3.41. The highest BCUT2D eigenvalue weighted by atomic mass is 19.2. The molecule has 0 bridgehead atoms. The normalized spacial score (nSPS) is 23.4. The first kappa shape index (κ1) is 16.2. The summed E-state index contributed by atoms with van der Waals surface area (Å²) in [5.41, 5.74) is 0.357. The van der Waals surface area contributed by atoms with Crippen molar-refractivity contribution in [3.8, 4) is 0 Å². The van der Waals surface area contributed by atoms with Crippen LogP contribution in [0.2, 0.25) is 0 Å². The smallest absolute Gasteiger partial charge is 0.223 e. The number of hydrogen-bond acceptors (Lipinski definition) is 4. The van der Waals surface area contributed by atoms with Crippen molar-refractivity contribution in [2.24, 2.45) is 5.92 Å². The first-order valence-electron chi connectivity index (χ1n) is 8.77. The molecule has 2 saturated carbocycles. The van der Waals surface area contributed by atoms with Gasteiger partial charge in [0.15, 0.2) is 11.6 Å². The second-order valence-corrected chi connectivity index (χ2v) is 6.99. The first-order valence-corrected chi connectivity index (χ1v) is 8.77. The minimum Gasteiger partial charge on any atom is -0.367 e. The van der Waals surface area contributed by atoms with Crippen molar-refractivity contribution in [1.29, 1.82) is 0 Å². The maximum Gasteiger partial charge on any atom is 0.223 e. The van der Waals surface area contributed by atoms with Crippen LogP contribution in [0.4, 0.5) is 14.6 Å². The van der Waals surface area contributed by atoms with E-state index in [4.69, 9.17) is 0 Å². The number of amides is 1. The highest BCUT2D eigenvalue weighted by Crippen LogP contribution is 2.30. The molecule has 25 heavy (non-hydrogen) atoms. The molecule has 2 aliphatic carbocycles. The Hall–Kier alpha value is -2.31. The fraction of sp³-hybridized carbons (Fsp3) is 0.500. The third kappa shape index (κ3) is 3.55. The number of carbonyl (C=O) groups is 1. The molecule has 1 aromatic heterocycles. The number of rotatable bonds is 4. The summed E-state index contributed by atoms with van der Waals surface area (Å²) in [4.78, 5) is 20.5. The number of benzene rings is 1. The molecule has 1 aromatic carbocycles. The molecule has 2 aliphatic rings. The van der Waals surface area contributed by atoms with Gasteiger partial charge in [-0.2, -0.15) is 0 Å². The molecule has 1 heterocycles. The van der Waals surface area contributed by atoms with E-state index >= 15 is 0 Å². The third-order valence-corrected chi connectivity index (χ3v) is 4.99. The topological polar surface area (TPSA) is 66.9 Å². The van der Waals surface area contributed by atoms with Gasteiger partial charge in [-0.3, -0.25) is 4.79 Å². The summed E-state index contributed by atoms with van der Waals surface area (Å²) in [7, 11) is 0. The molecule has 2 aromatic rings. The van der Waals surface area contributed by atoms with E-state index < -0.39 is 11.6 Å². The number of fused-ring (bicyclic) bond motifs is 1. The number of nitrogens with one attached hydrogen (secondary N) is 2. The number of nitrogens with zero attached hydrogens (tertiary/aromatic N) is 2. The van der Waals surface area contributed by atoms with Crippen molar-refractivity contribution in [2.45, 2.75) is 50.6 Å². The first-order chi connectivity index (χ1) is 12.1. The zero-order valence-corrected chi connectivity index (χ0v) is 13.8. The summed E-state index contributed by atoms with van der Waals surface area (Å²) in [6, 6.07) is 2.64. The lowest BCUT2D eigenvalue weighted by Crippen LogP contribution is -2.38. The molecule has 0 spiro atoms. The van der Waals surface area contributed by atoms with Gasteiger partial charge in [-0.1, -0.05) is 6.42 Å². The standard InChI is InChI=1S/C18H20F2N4O/c19-14-7-13-16(8-15(14)20)21-9-22-17(13)23-12-3-1-2-10(6-12)18(25)24-11-4-5-11/h7-12H,1-6H2,(H,24,25)(H,21,22,23)/t10-,12-/m0/s1. The van der Waals surface area contributed by atoms with Crippen LogP contribution in [-0.4, -0.2) is 28.0 Å². The molecular weight excluding hydrogens is 326 g/mol. The largest absolute Gasteiger partial charge is 0.367 e. The number of aromatic nitrogens is 2. The lowest BCUT2D eigenvalue weighted by Gasteiger charge is -2.29. The van der Waals surface area contributed by atoms with Crippen molar-refractivity contribution in [2.75, 3.05) is 5.32 Å². The van der Waals surface area contributed by atoms with Gasteiger partial charge in [0.1, 0.15) is 12.1 Å². The van der Waals surface area contributed by atoms with Crippen molar-refractivity contribution in [3.05, 3.63) is 30.1 Å². The van der Waals surface area contributed by atoms with E-state index in [9.17, 15) is 13.6 Å². The summed E-state index contributed by atoms with van der Waals surface area (Å²) in [5.74, 6) is -1.23. The Labute approximate surface area is 144 Å². The zero-order valence-electron chi connectivity index (χ0n) is 13.8. The van der Waals surface area contributed by atoms with E-state index in [0.717, 1.165) is 44.2 Å². The minimum atomic E-state index is -0.924. The average molecular weight is 346 g/mol. The summed E-state index contributed by atoms with van der Waals surface area (Å²) in [6.07, 6.45) is 6.97. The Bertz CT molecular complexity index is 809. The van der Waals surface area contributed by atoms with Gasteiger partial charge in [-0.25, -0.2) is 18.7 Å². The van der Waals surface area contributed by atoms with Crippen LogP contribution in [0.25, 0.3) is 10.9 Å². The van der Waals surface area contributed by atoms with Gasteiger partial charge >= 0.3 is 0 Å². The Morgan fingerprint density at radius 1 is 1.04 bits per heavy atom. The fourth-order valence-electron chi connectivity index (χ4n) is 3.47. The predicted molar refractivity (Wildman–Crippen MR) is 90.0 cm³/mol. The van der Waals surface area contributed by atoms with E-state index in [-0.39, 0.29) is 17.9 Å². The predicted octanol–water partition coefficient (Wildman–Crippen LogP) is 3.16. The molecular formula is C18H20F2N4O. The van der Waals surface area contributed by atoms with E-state index in [1.807, 2.05) is 0 Å². The van der Waals surface area contributed by atoms with Crippen LogP contribution in [0.15, 0.2) is 18.5 Å².